The maximum atomic E-state index is 13.6. The number of halogens is 3. The van der Waals surface area contributed by atoms with Crippen LogP contribution in [-0.4, -0.2) is 18.3 Å². The molecule has 5 heteroatoms. The predicted octanol–water partition coefficient (Wildman–Crippen LogP) is 4.58. The molecule has 1 saturated carbocycles. The Labute approximate surface area is 135 Å². The van der Waals surface area contributed by atoms with Crippen molar-refractivity contribution in [1.82, 2.24) is 5.32 Å². The molecule has 2 nitrogen and oxygen atoms in total. The van der Waals surface area contributed by atoms with E-state index in [9.17, 15) is 9.50 Å². The Balaban J connectivity index is 2.01. The van der Waals surface area contributed by atoms with E-state index in [0.29, 0.717) is 22.4 Å². The van der Waals surface area contributed by atoms with E-state index in [0.717, 1.165) is 19.4 Å². The quantitative estimate of drug-likeness (QED) is 0.773. The van der Waals surface area contributed by atoms with Crippen LogP contribution in [0.15, 0.2) is 12.1 Å². The van der Waals surface area contributed by atoms with E-state index in [1.807, 2.05) is 6.92 Å². The SMILES string of the molecule is CC(NCC1CCCCC1CO)c1c(Cl)ccc(F)c1Cl. The molecule has 1 aromatic carbocycles. The van der Waals surface area contributed by atoms with Crippen LogP contribution in [-0.2, 0) is 0 Å². The van der Waals surface area contributed by atoms with E-state index in [-0.39, 0.29) is 17.7 Å². The molecular formula is C16H22Cl2FNO. The molecule has 2 N–H and O–H groups in total. The molecule has 0 aliphatic heterocycles. The zero-order valence-electron chi connectivity index (χ0n) is 12.2. The maximum absolute atomic E-state index is 13.6. The van der Waals surface area contributed by atoms with Gasteiger partial charge in [-0.05, 0) is 50.3 Å². The number of aliphatic hydroxyl groups excluding tert-OH is 1. The van der Waals surface area contributed by atoms with Gasteiger partial charge in [0.25, 0.3) is 0 Å². The molecule has 0 aromatic heterocycles. The Morgan fingerprint density at radius 2 is 1.95 bits per heavy atom. The van der Waals surface area contributed by atoms with Crippen molar-refractivity contribution in [1.29, 1.82) is 0 Å². The van der Waals surface area contributed by atoms with Gasteiger partial charge in [-0.2, -0.15) is 0 Å². The van der Waals surface area contributed by atoms with Crippen molar-refractivity contribution in [2.24, 2.45) is 11.8 Å². The van der Waals surface area contributed by atoms with Gasteiger partial charge < -0.3 is 10.4 Å². The summed E-state index contributed by atoms with van der Waals surface area (Å²) in [6, 6.07) is 2.69. The lowest BCUT2D eigenvalue weighted by atomic mass is 9.79. The fourth-order valence-corrected chi connectivity index (χ4v) is 3.86. The van der Waals surface area contributed by atoms with Crippen LogP contribution >= 0.6 is 23.2 Å². The van der Waals surface area contributed by atoms with E-state index in [1.165, 1.54) is 25.0 Å². The summed E-state index contributed by atoms with van der Waals surface area (Å²) < 4.78 is 13.6. The third kappa shape index (κ3) is 4.10. The molecule has 1 aromatic rings. The van der Waals surface area contributed by atoms with Crippen molar-refractivity contribution in [3.63, 3.8) is 0 Å². The summed E-state index contributed by atoms with van der Waals surface area (Å²) >= 11 is 12.2. The molecule has 3 atom stereocenters. The lowest BCUT2D eigenvalue weighted by Gasteiger charge is -2.31. The normalized spacial score (nSPS) is 24.0. The van der Waals surface area contributed by atoms with E-state index in [1.54, 1.807) is 0 Å². The minimum absolute atomic E-state index is 0.0878. The van der Waals surface area contributed by atoms with Crippen molar-refractivity contribution in [2.75, 3.05) is 13.2 Å². The van der Waals surface area contributed by atoms with E-state index in [2.05, 4.69) is 5.32 Å². The van der Waals surface area contributed by atoms with Crippen LogP contribution in [0.5, 0.6) is 0 Å². The zero-order valence-corrected chi connectivity index (χ0v) is 13.7. The summed E-state index contributed by atoms with van der Waals surface area (Å²) in [5, 5.41) is 13.4. The van der Waals surface area contributed by atoms with Crippen LogP contribution in [0.4, 0.5) is 4.39 Å². The van der Waals surface area contributed by atoms with Gasteiger partial charge in [-0.1, -0.05) is 36.0 Å². The highest BCUT2D eigenvalue weighted by atomic mass is 35.5. The minimum atomic E-state index is -0.449. The first kappa shape index (κ1) is 17.0. The molecule has 0 amide bonds. The second-order valence-corrected chi connectivity index (χ2v) is 6.66. The zero-order chi connectivity index (χ0) is 15.4. The van der Waals surface area contributed by atoms with Gasteiger partial charge in [0.2, 0.25) is 0 Å². The summed E-state index contributed by atoms with van der Waals surface area (Å²) in [4.78, 5) is 0. The topological polar surface area (TPSA) is 32.3 Å². The largest absolute Gasteiger partial charge is 0.396 e. The highest BCUT2D eigenvalue weighted by Gasteiger charge is 2.25. The van der Waals surface area contributed by atoms with Gasteiger partial charge in [-0.3, -0.25) is 0 Å². The van der Waals surface area contributed by atoms with E-state index < -0.39 is 5.82 Å². The fraction of sp³-hybridized carbons (Fsp3) is 0.625. The van der Waals surface area contributed by atoms with Gasteiger partial charge in [0.05, 0.1) is 5.02 Å². The summed E-state index contributed by atoms with van der Waals surface area (Å²) in [6.45, 7) is 2.96. The summed E-state index contributed by atoms with van der Waals surface area (Å²) in [5.74, 6) is 0.366. The number of nitrogens with one attached hydrogen (secondary N) is 1. The Hall–Kier alpha value is -0.350. The van der Waals surface area contributed by atoms with Crippen LogP contribution in [0.3, 0.4) is 0 Å². The minimum Gasteiger partial charge on any atom is -0.396 e. The van der Waals surface area contributed by atoms with Crippen LogP contribution in [0.2, 0.25) is 10.0 Å². The molecule has 0 saturated heterocycles. The van der Waals surface area contributed by atoms with Crippen molar-refractivity contribution in [3.8, 4) is 0 Å². The third-order valence-electron chi connectivity index (χ3n) is 4.50. The first-order valence-corrected chi connectivity index (χ1v) is 8.27. The van der Waals surface area contributed by atoms with Crippen molar-refractivity contribution < 1.29 is 9.50 Å². The number of hydrogen-bond acceptors (Lipinski definition) is 2. The molecule has 1 aliphatic rings. The summed E-state index contributed by atoms with van der Waals surface area (Å²) in [5.41, 5.74) is 0.606. The Morgan fingerprint density at radius 3 is 2.62 bits per heavy atom. The third-order valence-corrected chi connectivity index (χ3v) is 5.21. The van der Waals surface area contributed by atoms with Crippen LogP contribution < -0.4 is 5.32 Å². The molecule has 0 bridgehead atoms. The maximum Gasteiger partial charge on any atom is 0.142 e. The number of rotatable bonds is 5. The lowest BCUT2D eigenvalue weighted by molar-refractivity contribution is 0.131. The van der Waals surface area contributed by atoms with Crippen LogP contribution in [0.1, 0.15) is 44.2 Å². The van der Waals surface area contributed by atoms with Gasteiger partial charge >= 0.3 is 0 Å². The molecule has 118 valence electrons. The number of benzene rings is 1. The molecule has 3 unspecified atom stereocenters. The average molecular weight is 334 g/mol. The number of hydrogen-bond donors (Lipinski definition) is 2. The molecule has 0 heterocycles. The molecule has 21 heavy (non-hydrogen) atoms. The second kappa shape index (κ2) is 7.77. The van der Waals surface area contributed by atoms with E-state index >= 15 is 0 Å². The first-order chi connectivity index (χ1) is 10.0. The Kier molecular flexibility index (Phi) is 6.30. The highest BCUT2D eigenvalue weighted by molar-refractivity contribution is 6.36. The standard InChI is InChI=1S/C16H22Cl2FNO/c1-10(15-13(17)6-7-14(19)16(15)18)20-8-11-4-2-3-5-12(11)9-21/h6-7,10-12,20-21H,2-5,8-9H2,1H3. The van der Waals surface area contributed by atoms with Gasteiger partial charge in [0.1, 0.15) is 5.82 Å². The van der Waals surface area contributed by atoms with E-state index in [4.69, 9.17) is 23.2 Å². The Morgan fingerprint density at radius 1 is 1.29 bits per heavy atom. The number of aliphatic hydroxyl groups is 1. The summed E-state index contributed by atoms with van der Waals surface area (Å²) in [6.07, 6.45) is 4.60. The fourth-order valence-electron chi connectivity index (χ4n) is 3.16. The monoisotopic (exact) mass is 333 g/mol. The summed E-state index contributed by atoms with van der Waals surface area (Å²) in [7, 11) is 0. The van der Waals surface area contributed by atoms with Crippen molar-refractivity contribution >= 4 is 23.2 Å². The van der Waals surface area contributed by atoms with Crippen LogP contribution in [0.25, 0.3) is 0 Å². The highest BCUT2D eigenvalue weighted by Crippen LogP contribution is 2.33. The molecular weight excluding hydrogens is 312 g/mol. The van der Waals surface area contributed by atoms with Crippen molar-refractivity contribution in [2.45, 2.75) is 38.6 Å². The first-order valence-electron chi connectivity index (χ1n) is 7.52. The predicted molar refractivity (Wildman–Crippen MR) is 85.4 cm³/mol. The molecule has 0 radical (unpaired) electrons. The van der Waals surface area contributed by atoms with Gasteiger partial charge in [-0.15, -0.1) is 0 Å². The molecule has 0 spiro atoms. The average Bonchev–Trinajstić information content (AvgIpc) is 2.49. The van der Waals surface area contributed by atoms with Crippen molar-refractivity contribution in [3.05, 3.63) is 33.6 Å². The van der Waals surface area contributed by atoms with Gasteiger partial charge in [-0.25, -0.2) is 4.39 Å². The smallest absolute Gasteiger partial charge is 0.142 e. The van der Waals surface area contributed by atoms with Crippen LogP contribution in [0, 0.1) is 17.7 Å². The lowest BCUT2D eigenvalue weighted by Crippen LogP contribution is -2.33. The van der Waals surface area contributed by atoms with Gasteiger partial charge in [0, 0.05) is 23.2 Å². The second-order valence-electron chi connectivity index (χ2n) is 5.87. The van der Waals surface area contributed by atoms with Gasteiger partial charge in [0.15, 0.2) is 0 Å². The molecule has 2 rings (SSSR count). The Bertz CT molecular complexity index is 484. The molecule has 1 aliphatic carbocycles. The molecule has 1 fully saturated rings.